The minimum atomic E-state index is -0.430. The largest absolute Gasteiger partial charge is 0.391 e. The molecule has 0 amide bonds. The Balaban J connectivity index is 1.43. The van der Waals surface area contributed by atoms with E-state index in [9.17, 15) is 9.50 Å². The van der Waals surface area contributed by atoms with E-state index in [-0.39, 0.29) is 17.9 Å². The van der Waals surface area contributed by atoms with Gasteiger partial charge in [-0.2, -0.15) is 4.98 Å². The lowest BCUT2D eigenvalue weighted by atomic mass is 10.0. The average molecular weight is 503 g/mol. The molecule has 1 fully saturated rings. The molecule has 2 aliphatic heterocycles. The van der Waals surface area contributed by atoms with Gasteiger partial charge in [0.1, 0.15) is 23.3 Å². The number of rotatable bonds is 5. The van der Waals surface area contributed by atoms with Crippen LogP contribution in [0.25, 0.3) is 10.9 Å². The number of nitrogens with one attached hydrogen (secondary N) is 1. The summed E-state index contributed by atoms with van der Waals surface area (Å²) in [6.45, 7) is 3.65. The summed E-state index contributed by atoms with van der Waals surface area (Å²) in [4.78, 5) is 18.4. The van der Waals surface area contributed by atoms with Gasteiger partial charge in [-0.3, -0.25) is 0 Å². The second-order valence-corrected chi connectivity index (χ2v) is 9.73. The Morgan fingerprint density at radius 3 is 2.78 bits per heavy atom. The van der Waals surface area contributed by atoms with Gasteiger partial charge in [0.2, 0.25) is 5.95 Å². The van der Waals surface area contributed by atoms with Crippen LogP contribution in [0.5, 0.6) is 0 Å². The highest BCUT2D eigenvalue weighted by molar-refractivity contribution is 5.91. The molecule has 4 aromatic rings. The highest BCUT2D eigenvalue weighted by Crippen LogP contribution is 2.35. The monoisotopic (exact) mass is 502 g/mol. The van der Waals surface area contributed by atoms with Crippen LogP contribution in [0.2, 0.25) is 0 Å². The predicted octanol–water partition coefficient (Wildman–Crippen LogP) is 4.83. The van der Waals surface area contributed by atoms with Crippen molar-refractivity contribution in [2.75, 3.05) is 28.2 Å². The number of pyridine rings is 1. The van der Waals surface area contributed by atoms with Crippen molar-refractivity contribution in [2.45, 2.75) is 44.5 Å². The maximum Gasteiger partial charge on any atom is 0.228 e. The van der Waals surface area contributed by atoms with E-state index in [0.29, 0.717) is 55.1 Å². The molecule has 37 heavy (non-hydrogen) atoms. The standard InChI is InChI=1S/C28H28F2N6O/c1-2-23(17-6-3-8-19(29)12-17)32-26-25-22(30)9-4-10-24(25)33-28(34-26)35-14-18-7-5-11-31-27(18)36-16-21(37)13-20(36)15-35/h3-12,20-21,23,37H,2,13-16H2,1H3,(H,32,33,34)/t20-,21+,23+/m0/s1. The van der Waals surface area contributed by atoms with Crippen molar-refractivity contribution in [1.29, 1.82) is 0 Å². The highest BCUT2D eigenvalue weighted by atomic mass is 19.1. The van der Waals surface area contributed by atoms with Crippen LogP contribution in [-0.4, -0.2) is 45.3 Å². The second-order valence-electron chi connectivity index (χ2n) is 9.73. The zero-order chi connectivity index (χ0) is 25.5. The number of anilines is 3. The topological polar surface area (TPSA) is 77.4 Å². The molecule has 6 rings (SSSR count). The molecule has 2 aromatic carbocycles. The van der Waals surface area contributed by atoms with Crippen LogP contribution < -0.4 is 15.1 Å². The van der Waals surface area contributed by atoms with Crippen molar-refractivity contribution in [2.24, 2.45) is 0 Å². The fourth-order valence-electron chi connectivity index (χ4n) is 5.50. The lowest BCUT2D eigenvalue weighted by Crippen LogP contribution is -2.38. The van der Waals surface area contributed by atoms with Crippen LogP contribution >= 0.6 is 0 Å². The number of hydrogen-bond acceptors (Lipinski definition) is 7. The number of aliphatic hydroxyl groups excluding tert-OH is 1. The van der Waals surface area contributed by atoms with Gasteiger partial charge in [0, 0.05) is 31.4 Å². The highest BCUT2D eigenvalue weighted by Gasteiger charge is 2.37. The fraction of sp³-hybridized carbons (Fsp3) is 0.321. The number of hydrogen-bond donors (Lipinski definition) is 2. The molecule has 2 N–H and O–H groups in total. The van der Waals surface area contributed by atoms with Crippen LogP contribution in [0.15, 0.2) is 60.8 Å². The molecule has 0 unspecified atom stereocenters. The third-order valence-corrected chi connectivity index (χ3v) is 7.24. The molecule has 9 heteroatoms. The van der Waals surface area contributed by atoms with Crippen LogP contribution in [0, 0.1) is 11.6 Å². The lowest BCUT2D eigenvalue weighted by molar-refractivity contribution is 0.194. The minimum Gasteiger partial charge on any atom is -0.391 e. The molecule has 0 spiro atoms. The molecule has 0 saturated carbocycles. The first-order chi connectivity index (χ1) is 18.0. The SMILES string of the molecule is CC[C@@H](Nc1nc(N2Cc3cccnc3N3C[C@H](O)C[C@H]3C2)nc2cccc(F)c12)c1cccc(F)c1. The lowest BCUT2D eigenvalue weighted by Gasteiger charge is -2.27. The quantitative estimate of drug-likeness (QED) is 0.405. The number of aliphatic hydroxyl groups is 1. The van der Waals surface area contributed by atoms with Crippen molar-refractivity contribution >= 4 is 28.5 Å². The third kappa shape index (κ3) is 4.44. The van der Waals surface area contributed by atoms with Crippen molar-refractivity contribution in [1.82, 2.24) is 15.0 Å². The van der Waals surface area contributed by atoms with E-state index in [4.69, 9.17) is 9.97 Å². The molecule has 0 radical (unpaired) electrons. The molecule has 4 heterocycles. The summed E-state index contributed by atoms with van der Waals surface area (Å²) in [5.41, 5.74) is 2.26. The number of aromatic nitrogens is 3. The molecular weight excluding hydrogens is 474 g/mol. The van der Waals surface area contributed by atoms with Crippen molar-refractivity contribution in [3.63, 3.8) is 0 Å². The molecule has 2 aromatic heterocycles. The van der Waals surface area contributed by atoms with E-state index in [1.165, 1.54) is 18.2 Å². The summed E-state index contributed by atoms with van der Waals surface area (Å²) >= 11 is 0. The van der Waals surface area contributed by atoms with Crippen LogP contribution in [-0.2, 0) is 6.54 Å². The zero-order valence-corrected chi connectivity index (χ0v) is 20.5. The number of nitrogens with zero attached hydrogens (tertiary/aromatic N) is 5. The summed E-state index contributed by atoms with van der Waals surface area (Å²) in [6.07, 6.45) is 2.61. The third-order valence-electron chi connectivity index (χ3n) is 7.24. The summed E-state index contributed by atoms with van der Waals surface area (Å²) < 4.78 is 29.1. The molecule has 190 valence electrons. The first kappa shape index (κ1) is 23.5. The smallest absolute Gasteiger partial charge is 0.228 e. The Hall–Kier alpha value is -3.85. The van der Waals surface area contributed by atoms with Gasteiger partial charge in [0.05, 0.1) is 29.1 Å². The Kier molecular flexibility index (Phi) is 6.08. The van der Waals surface area contributed by atoms with Gasteiger partial charge in [-0.05, 0) is 48.7 Å². The average Bonchev–Trinajstić information content (AvgIpc) is 3.19. The van der Waals surface area contributed by atoms with Gasteiger partial charge in [-0.25, -0.2) is 18.7 Å². The van der Waals surface area contributed by atoms with E-state index in [2.05, 4.69) is 20.1 Å². The zero-order valence-electron chi connectivity index (χ0n) is 20.5. The van der Waals surface area contributed by atoms with Gasteiger partial charge < -0.3 is 20.2 Å². The predicted molar refractivity (Wildman–Crippen MR) is 140 cm³/mol. The van der Waals surface area contributed by atoms with Crippen molar-refractivity contribution in [3.8, 4) is 0 Å². The first-order valence-corrected chi connectivity index (χ1v) is 12.6. The molecule has 0 bridgehead atoms. The maximum atomic E-state index is 15.1. The van der Waals surface area contributed by atoms with E-state index in [1.54, 1.807) is 24.4 Å². The van der Waals surface area contributed by atoms with E-state index in [1.807, 2.05) is 25.1 Å². The van der Waals surface area contributed by atoms with Crippen LogP contribution in [0.3, 0.4) is 0 Å². The Bertz CT molecular complexity index is 1450. The molecule has 7 nitrogen and oxygen atoms in total. The van der Waals surface area contributed by atoms with Gasteiger partial charge in [-0.15, -0.1) is 0 Å². The van der Waals surface area contributed by atoms with Crippen LogP contribution in [0.4, 0.5) is 26.4 Å². The second kappa shape index (κ2) is 9.55. The molecule has 0 aliphatic carbocycles. The maximum absolute atomic E-state index is 15.1. The number of halogens is 2. The molecule has 3 atom stereocenters. The van der Waals surface area contributed by atoms with E-state index in [0.717, 1.165) is 16.9 Å². The number of benzene rings is 2. The minimum absolute atomic E-state index is 0.0463. The van der Waals surface area contributed by atoms with Gasteiger partial charge in [0.25, 0.3) is 0 Å². The van der Waals surface area contributed by atoms with Crippen molar-refractivity contribution < 1.29 is 13.9 Å². The molecule has 1 saturated heterocycles. The molecular formula is C28H28F2N6O. The summed E-state index contributed by atoms with van der Waals surface area (Å²) in [6, 6.07) is 14.9. The number of fused-ring (bicyclic) bond motifs is 4. The normalized spacial score (nSPS) is 19.9. The van der Waals surface area contributed by atoms with E-state index >= 15 is 4.39 Å². The Morgan fingerprint density at radius 1 is 1.08 bits per heavy atom. The van der Waals surface area contributed by atoms with Gasteiger partial charge in [0.15, 0.2) is 0 Å². The fourth-order valence-corrected chi connectivity index (χ4v) is 5.50. The Morgan fingerprint density at radius 2 is 1.95 bits per heavy atom. The summed E-state index contributed by atoms with van der Waals surface area (Å²) in [5.74, 6) is 0.961. The van der Waals surface area contributed by atoms with Crippen molar-refractivity contribution in [3.05, 3.63) is 83.6 Å². The Labute approximate surface area is 213 Å². The van der Waals surface area contributed by atoms with Crippen LogP contribution in [0.1, 0.15) is 36.9 Å². The summed E-state index contributed by atoms with van der Waals surface area (Å²) in [5, 5.41) is 14.1. The van der Waals surface area contributed by atoms with Gasteiger partial charge in [-0.1, -0.05) is 31.2 Å². The van der Waals surface area contributed by atoms with Gasteiger partial charge >= 0.3 is 0 Å². The summed E-state index contributed by atoms with van der Waals surface area (Å²) in [7, 11) is 0. The first-order valence-electron chi connectivity index (χ1n) is 12.6. The molecule has 2 aliphatic rings. The van der Waals surface area contributed by atoms with E-state index < -0.39 is 11.9 Å².